The van der Waals surface area contributed by atoms with Crippen LogP contribution in [0.2, 0.25) is 0 Å². The zero-order valence-corrected chi connectivity index (χ0v) is 17.4. The summed E-state index contributed by atoms with van der Waals surface area (Å²) in [6.45, 7) is 3.83. The number of rotatable bonds is 4. The molecule has 1 amide bonds. The van der Waals surface area contributed by atoms with Crippen molar-refractivity contribution in [1.29, 1.82) is 0 Å². The number of carbonyl (C=O) groups excluding carboxylic acids is 2. The number of amides is 1. The molecule has 2 aromatic rings. The number of nitrogens with zero attached hydrogens (tertiary/aromatic N) is 1. The lowest BCUT2D eigenvalue weighted by molar-refractivity contribution is -0.163. The number of ether oxygens (including phenoxy) is 1. The molecular formula is C21H20BrNO3S. The van der Waals surface area contributed by atoms with Gasteiger partial charge in [0, 0.05) is 4.75 Å². The van der Waals surface area contributed by atoms with Crippen molar-refractivity contribution < 1.29 is 15.7 Å². The van der Waals surface area contributed by atoms with Crippen molar-refractivity contribution in [3.8, 4) is 0 Å². The van der Waals surface area contributed by atoms with Crippen LogP contribution in [-0.2, 0) is 14.3 Å². The van der Waals surface area contributed by atoms with Crippen molar-refractivity contribution in [2.75, 3.05) is 0 Å². The number of thioether (sulfide) groups is 1. The van der Waals surface area contributed by atoms with Gasteiger partial charge in [-0.1, -0.05) is 76.6 Å². The zero-order chi connectivity index (χ0) is 20.1. The van der Waals surface area contributed by atoms with Crippen LogP contribution >= 0.6 is 27.7 Å². The monoisotopic (exact) mass is 446 g/mol. The molecule has 2 aliphatic rings. The minimum atomic E-state index is -1.37. The summed E-state index contributed by atoms with van der Waals surface area (Å²) in [5.41, 5.74) is 1.74. The van der Waals surface area contributed by atoms with Gasteiger partial charge in [-0.25, -0.2) is 4.79 Å². The Labute approximate surface area is 172 Å². The maximum atomic E-state index is 13.3. The second kappa shape index (κ2) is 6.99. The van der Waals surface area contributed by atoms with Crippen LogP contribution in [0.4, 0.5) is 0 Å². The Morgan fingerprint density at radius 2 is 1.67 bits per heavy atom. The van der Waals surface area contributed by atoms with E-state index in [1.807, 2.05) is 74.5 Å². The van der Waals surface area contributed by atoms with Crippen LogP contribution in [0.5, 0.6) is 0 Å². The maximum absolute atomic E-state index is 13.3. The van der Waals surface area contributed by atoms with Gasteiger partial charge in [-0.05, 0) is 25.0 Å². The molecule has 2 saturated heterocycles. The van der Waals surface area contributed by atoms with Crippen molar-refractivity contribution in [1.82, 2.24) is 4.90 Å². The first-order valence-electron chi connectivity index (χ1n) is 9.23. The van der Waals surface area contributed by atoms with E-state index in [0.717, 1.165) is 11.1 Å². The number of hydrogen-bond acceptors (Lipinski definition) is 4. The van der Waals surface area contributed by atoms with Gasteiger partial charge in [0.15, 0.2) is 6.10 Å². The molecule has 4 nitrogen and oxygen atoms in total. The van der Waals surface area contributed by atoms with Crippen molar-refractivity contribution >= 4 is 39.6 Å². The standard InChI is InChI=1S/C21H20BrNO3S/c1-21(2)17(23-18(24)15(22)19(23)27-21)20(25)26-16(13-9-5-3-6-10-13)14-11-7-4-8-12-14/h3-12,15-17,19H,1-2H3/t15-,17+,19-/m1/s1/i15D. The van der Waals surface area contributed by atoms with Gasteiger partial charge in [-0.3, -0.25) is 4.79 Å². The number of halogens is 1. The molecule has 4 rings (SSSR count). The van der Waals surface area contributed by atoms with Gasteiger partial charge >= 0.3 is 5.97 Å². The van der Waals surface area contributed by atoms with Crippen molar-refractivity contribution in [2.45, 2.75) is 40.9 Å². The minimum absolute atomic E-state index is 0.395. The third kappa shape index (κ3) is 3.19. The first-order chi connectivity index (χ1) is 13.2. The van der Waals surface area contributed by atoms with E-state index in [0.29, 0.717) is 0 Å². The number of esters is 1. The van der Waals surface area contributed by atoms with Gasteiger partial charge < -0.3 is 9.64 Å². The summed E-state index contributed by atoms with van der Waals surface area (Å²) in [6, 6.07) is 18.4. The van der Waals surface area contributed by atoms with E-state index in [2.05, 4.69) is 15.9 Å². The van der Waals surface area contributed by atoms with E-state index in [1.54, 1.807) is 0 Å². The highest BCUT2D eigenvalue weighted by molar-refractivity contribution is 9.10. The molecule has 27 heavy (non-hydrogen) atoms. The molecule has 0 aliphatic carbocycles. The molecule has 0 spiro atoms. The van der Waals surface area contributed by atoms with Gasteiger partial charge in [0.05, 0.1) is 1.37 Å². The Kier molecular flexibility index (Phi) is 4.48. The normalized spacial score (nSPS) is 29.1. The lowest BCUT2D eigenvalue weighted by Crippen LogP contribution is -2.63. The lowest BCUT2D eigenvalue weighted by Gasteiger charge is -2.41. The molecule has 0 saturated carbocycles. The molecule has 6 heteroatoms. The average Bonchev–Trinajstić information content (AvgIpc) is 2.97. The average molecular weight is 447 g/mol. The number of carbonyl (C=O) groups is 2. The number of benzene rings is 2. The molecule has 2 aliphatic heterocycles. The molecule has 140 valence electrons. The van der Waals surface area contributed by atoms with Crippen LogP contribution in [0.25, 0.3) is 0 Å². The van der Waals surface area contributed by atoms with Gasteiger partial charge in [0.2, 0.25) is 5.91 Å². The Morgan fingerprint density at radius 1 is 1.15 bits per heavy atom. The van der Waals surface area contributed by atoms with Crippen LogP contribution < -0.4 is 0 Å². The van der Waals surface area contributed by atoms with Crippen LogP contribution in [-0.4, -0.2) is 37.7 Å². The fourth-order valence-corrected chi connectivity index (χ4v) is 5.76. The van der Waals surface area contributed by atoms with E-state index in [1.165, 1.54) is 16.7 Å². The highest BCUT2D eigenvalue weighted by Gasteiger charge is 2.63. The number of hydrogen-bond donors (Lipinski definition) is 0. The Hall–Kier alpha value is -1.79. The van der Waals surface area contributed by atoms with Crippen molar-refractivity contribution in [2.24, 2.45) is 0 Å². The third-order valence-corrected chi connectivity index (χ3v) is 7.51. The second-order valence-electron chi connectivity index (χ2n) is 7.17. The molecule has 0 bridgehead atoms. The van der Waals surface area contributed by atoms with Gasteiger partial charge in [-0.15, -0.1) is 11.8 Å². The highest BCUT2D eigenvalue weighted by Crippen LogP contribution is 2.53. The summed E-state index contributed by atoms with van der Waals surface area (Å²) in [6.07, 6.45) is -0.559. The SMILES string of the molecule is [2H][C@@]1(Br)C(=O)N2[C@@H](C(=O)OC(c3ccccc3)c3ccccc3)C(C)(C)S[C@@H]21. The topological polar surface area (TPSA) is 46.6 Å². The van der Waals surface area contributed by atoms with Crippen LogP contribution in [0, 0.1) is 0 Å². The Balaban J connectivity index is 1.64. The quantitative estimate of drug-likeness (QED) is 0.402. The third-order valence-electron chi connectivity index (χ3n) is 4.92. The molecular weight excluding hydrogens is 426 g/mol. The molecule has 0 aromatic heterocycles. The predicted molar refractivity (Wildman–Crippen MR) is 110 cm³/mol. The molecule has 0 unspecified atom stereocenters. The number of β-lactam (4-membered cyclic amide) rings is 1. The number of fused-ring (bicyclic) bond motifs is 1. The van der Waals surface area contributed by atoms with Crippen molar-refractivity contribution in [3.63, 3.8) is 0 Å². The number of alkyl halides is 1. The lowest BCUT2D eigenvalue weighted by atomic mass is 9.97. The fraction of sp³-hybridized carbons (Fsp3) is 0.333. The first kappa shape index (κ1) is 17.3. The molecule has 3 atom stereocenters. The van der Waals surface area contributed by atoms with E-state index < -0.39 is 38.9 Å². The molecule has 0 N–H and O–H groups in total. The summed E-state index contributed by atoms with van der Waals surface area (Å²) in [5, 5.41) is -0.403. The van der Waals surface area contributed by atoms with Gasteiger partial charge in [0.25, 0.3) is 0 Å². The highest BCUT2D eigenvalue weighted by atomic mass is 79.9. The molecule has 0 radical (unpaired) electrons. The van der Waals surface area contributed by atoms with E-state index >= 15 is 0 Å². The molecule has 2 fully saturated rings. The molecule has 2 aromatic carbocycles. The smallest absolute Gasteiger partial charge is 0.331 e. The Morgan fingerprint density at radius 3 is 2.19 bits per heavy atom. The van der Waals surface area contributed by atoms with Crippen LogP contribution in [0.1, 0.15) is 32.4 Å². The Bertz CT molecular complexity index is 867. The van der Waals surface area contributed by atoms with Crippen LogP contribution in [0.15, 0.2) is 60.7 Å². The van der Waals surface area contributed by atoms with Crippen molar-refractivity contribution in [3.05, 3.63) is 71.8 Å². The maximum Gasteiger partial charge on any atom is 0.331 e. The summed E-state index contributed by atoms with van der Waals surface area (Å²) in [4.78, 5) is 25.8. The largest absolute Gasteiger partial charge is 0.451 e. The van der Waals surface area contributed by atoms with E-state index in [4.69, 9.17) is 6.11 Å². The fourth-order valence-electron chi connectivity index (χ4n) is 3.60. The summed E-state index contributed by atoms with van der Waals surface area (Å²) in [5.74, 6) is -0.845. The summed E-state index contributed by atoms with van der Waals surface area (Å²) < 4.78 is 13.6. The van der Waals surface area contributed by atoms with Crippen LogP contribution in [0.3, 0.4) is 0 Å². The first-order valence-corrected chi connectivity index (χ1v) is 10.4. The summed E-state index contributed by atoms with van der Waals surface area (Å²) in [7, 11) is 0. The van der Waals surface area contributed by atoms with E-state index in [9.17, 15) is 9.59 Å². The van der Waals surface area contributed by atoms with E-state index in [-0.39, 0.29) is 0 Å². The zero-order valence-electron chi connectivity index (χ0n) is 16.0. The second-order valence-corrected chi connectivity index (χ2v) is 9.76. The van der Waals surface area contributed by atoms with Gasteiger partial charge in [0.1, 0.15) is 16.2 Å². The molecule has 2 heterocycles. The summed E-state index contributed by atoms with van der Waals surface area (Å²) >= 11 is 4.65. The minimum Gasteiger partial charge on any atom is -0.451 e. The predicted octanol–water partition coefficient (Wildman–Crippen LogP) is 4.15. The van der Waals surface area contributed by atoms with Gasteiger partial charge in [-0.2, -0.15) is 0 Å².